The lowest BCUT2D eigenvalue weighted by Gasteiger charge is -2.11. The zero-order valence-electron chi connectivity index (χ0n) is 13.8. The molecular weight excluding hydrogens is 280 g/mol. The molecule has 0 aliphatic carbocycles. The van der Waals surface area contributed by atoms with Crippen LogP contribution in [-0.4, -0.2) is 45.2 Å². The Hall–Kier alpha value is -2.08. The van der Waals surface area contributed by atoms with Crippen LogP contribution in [0.5, 0.6) is 0 Å². The van der Waals surface area contributed by atoms with Crippen LogP contribution in [0.4, 0.5) is 4.79 Å². The highest BCUT2D eigenvalue weighted by Crippen LogP contribution is 2.04. The van der Waals surface area contributed by atoms with Crippen LogP contribution in [0.3, 0.4) is 0 Å². The maximum Gasteiger partial charge on any atom is 0.315 e. The molecular formula is C16H27N4O2+. The Morgan fingerprint density at radius 1 is 1.09 bits per heavy atom. The first-order chi connectivity index (χ1) is 10.4. The van der Waals surface area contributed by atoms with Gasteiger partial charge in [-0.3, -0.25) is 4.79 Å². The van der Waals surface area contributed by atoms with Crippen molar-refractivity contribution in [3.63, 3.8) is 0 Å². The van der Waals surface area contributed by atoms with Crippen LogP contribution < -0.4 is 20.9 Å². The third-order valence-electron chi connectivity index (χ3n) is 3.00. The van der Waals surface area contributed by atoms with E-state index in [-0.39, 0.29) is 18.0 Å². The van der Waals surface area contributed by atoms with Crippen molar-refractivity contribution in [2.75, 3.05) is 27.2 Å². The highest BCUT2D eigenvalue weighted by atomic mass is 16.2. The maximum atomic E-state index is 11.9. The topological polar surface area (TPSA) is 74.7 Å². The molecule has 0 aliphatic rings. The average Bonchev–Trinajstić information content (AvgIpc) is 2.44. The van der Waals surface area contributed by atoms with Crippen molar-refractivity contribution in [3.8, 4) is 0 Å². The molecule has 1 aromatic rings. The van der Waals surface area contributed by atoms with Gasteiger partial charge in [0, 0.05) is 18.2 Å². The van der Waals surface area contributed by atoms with Crippen molar-refractivity contribution in [1.82, 2.24) is 16.0 Å². The highest BCUT2D eigenvalue weighted by molar-refractivity contribution is 5.94. The molecule has 0 fully saturated rings. The number of benzene rings is 1. The fraction of sp³-hybridized carbons (Fsp3) is 0.500. The van der Waals surface area contributed by atoms with Gasteiger partial charge in [-0.25, -0.2) is 4.79 Å². The average molecular weight is 307 g/mol. The second kappa shape index (κ2) is 9.04. The molecule has 0 spiro atoms. The van der Waals surface area contributed by atoms with Gasteiger partial charge in [-0.1, -0.05) is 12.1 Å². The van der Waals surface area contributed by atoms with E-state index in [9.17, 15) is 9.59 Å². The van der Waals surface area contributed by atoms with Crippen molar-refractivity contribution < 1.29 is 14.5 Å². The predicted molar refractivity (Wildman–Crippen MR) is 87.0 cm³/mol. The van der Waals surface area contributed by atoms with E-state index in [1.54, 1.807) is 12.1 Å². The minimum absolute atomic E-state index is 0.0710. The molecule has 0 radical (unpaired) electrons. The lowest BCUT2D eigenvalue weighted by molar-refractivity contribution is -0.856. The second-order valence-electron chi connectivity index (χ2n) is 5.89. The SMILES string of the molecule is CC(C)NC(=O)NCc1ccc(C(=O)NCC[NH+](C)C)cc1. The maximum absolute atomic E-state index is 11.9. The highest BCUT2D eigenvalue weighted by Gasteiger charge is 2.06. The van der Waals surface area contributed by atoms with E-state index in [4.69, 9.17) is 0 Å². The standard InChI is InChI=1S/C16H26N4O2/c1-12(2)19-16(22)18-11-13-5-7-14(8-6-13)15(21)17-9-10-20(3)4/h5-8,12H,9-11H2,1-4H3,(H,17,21)(H2,18,19,22)/p+1. The Kier molecular flexibility index (Phi) is 7.39. The molecule has 6 heteroatoms. The summed E-state index contributed by atoms with van der Waals surface area (Å²) in [6, 6.07) is 7.16. The monoisotopic (exact) mass is 307 g/mol. The van der Waals surface area contributed by atoms with Crippen molar-refractivity contribution in [3.05, 3.63) is 35.4 Å². The molecule has 0 saturated heterocycles. The second-order valence-corrected chi connectivity index (χ2v) is 5.89. The smallest absolute Gasteiger partial charge is 0.315 e. The fourth-order valence-electron chi connectivity index (χ4n) is 1.80. The third-order valence-corrected chi connectivity index (χ3v) is 3.00. The molecule has 0 bridgehead atoms. The number of carbonyl (C=O) groups excluding carboxylic acids is 2. The van der Waals surface area contributed by atoms with Crippen LogP contribution >= 0.6 is 0 Å². The lowest BCUT2D eigenvalue weighted by atomic mass is 10.1. The number of hydrogen-bond acceptors (Lipinski definition) is 2. The van der Waals surface area contributed by atoms with Gasteiger partial charge in [-0.05, 0) is 31.5 Å². The predicted octanol–water partition coefficient (Wildman–Crippen LogP) is -0.231. The largest absolute Gasteiger partial charge is 0.346 e. The van der Waals surface area contributed by atoms with Gasteiger partial charge < -0.3 is 20.9 Å². The summed E-state index contributed by atoms with van der Waals surface area (Å²) in [7, 11) is 4.09. The Labute approximate surface area is 132 Å². The first-order valence-electron chi connectivity index (χ1n) is 7.59. The summed E-state index contributed by atoms with van der Waals surface area (Å²) < 4.78 is 0. The van der Waals surface area contributed by atoms with E-state index in [1.165, 1.54) is 4.90 Å². The van der Waals surface area contributed by atoms with Gasteiger partial charge in [-0.15, -0.1) is 0 Å². The number of hydrogen-bond donors (Lipinski definition) is 4. The molecule has 0 aliphatic heterocycles. The van der Waals surface area contributed by atoms with Gasteiger partial charge in [0.25, 0.3) is 5.91 Å². The molecule has 0 aromatic heterocycles. The molecule has 0 saturated carbocycles. The van der Waals surface area contributed by atoms with E-state index in [0.29, 0.717) is 18.7 Å². The summed E-state index contributed by atoms with van der Waals surface area (Å²) in [6.07, 6.45) is 0. The van der Waals surface area contributed by atoms with Crippen molar-refractivity contribution >= 4 is 11.9 Å². The Morgan fingerprint density at radius 3 is 2.27 bits per heavy atom. The first-order valence-corrected chi connectivity index (χ1v) is 7.59. The Bertz CT molecular complexity index is 483. The molecule has 0 heterocycles. The Balaban J connectivity index is 2.42. The van der Waals surface area contributed by atoms with Gasteiger partial charge in [-0.2, -0.15) is 0 Å². The normalized spacial score (nSPS) is 10.6. The van der Waals surface area contributed by atoms with E-state index >= 15 is 0 Å². The van der Waals surface area contributed by atoms with Crippen LogP contribution in [0.25, 0.3) is 0 Å². The van der Waals surface area contributed by atoms with Crippen LogP contribution in [0.15, 0.2) is 24.3 Å². The summed E-state index contributed by atoms with van der Waals surface area (Å²) in [6.45, 7) is 5.79. The minimum atomic E-state index is -0.192. The van der Waals surface area contributed by atoms with Crippen LogP contribution in [0, 0.1) is 0 Å². The number of nitrogens with one attached hydrogen (secondary N) is 4. The van der Waals surface area contributed by atoms with Crippen LogP contribution in [0.1, 0.15) is 29.8 Å². The van der Waals surface area contributed by atoms with E-state index < -0.39 is 0 Å². The van der Waals surface area contributed by atoms with Gasteiger partial charge in [0.05, 0.1) is 27.2 Å². The van der Waals surface area contributed by atoms with E-state index in [0.717, 1.165) is 12.1 Å². The summed E-state index contributed by atoms with van der Waals surface area (Å²) in [5.74, 6) is -0.0710. The van der Waals surface area contributed by atoms with Crippen LogP contribution in [-0.2, 0) is 6.54 Å². The minimum Gasteiger partial charge on any atom is -0.346 e. The number of rotatable bonds is 7. The van der Waals surface area contributed by atoms with Gasteiger partial charge >= 0.3 is 6.03 Å². The number of likely N-dealkylation sites (N-methyl/N-ethyl adjacent to an activating group) is 1. The summed E-state index contributed by atoms with van der Waals surface area (Å²) >= 11 is 0. The van der Waals surface area contributed by atoms with E-state index in [1.807, 2.05) is 40.1 Å². The molecule has 1 aromatic carbocycles. The van der Waals surface area contributed by atoms with Crippen LogP contribution in [0.2, 0.25) is 0 Å². The van der Waals surface area contributed by atoms with E-state index in [2.05, 4.69) is 16.0 Å². The summed E-state index contributed by atoms with van der Waals surface area (Å²) in [5, 5.41) is 8.41. The van der Waals surface area contributed by atoms with Gasteiger partial charge in [0.15, 0.2) is 0 Å². The number of urea groups is 1. The quantitative estimate of drug-likeness (QED) is 0.562. The lowest BCUT2D eigenvalue weighted by Crippen LogP contribution is -3.06. The molecule has 0 unspecified atom stereocenters. The van der Waals surface area contributed by atoms with Crippen molar-refractivity contribution in [2.24, 2.45) is 0 Å². The summed E-state index contributed by atoms with van der Waals surface area (Å²) in [5.41, 5.74) is 1.58. The molecule has 4 N–H and O–H groups in total. The molecule has 6 nitrogen and oxygen atoms in total. The molecule has 122 valence electrons. The number of amides is 3. The van der Waals surface area contributed by atoms with Gasteiger partial charge in [0.1, 0.15) is 0 Å². The van der Waals surface area contributed by atoms with Gasteiger partial charge in [0.2, 0.25) is 0 Å². The first kappa shape index (κ1) is 18.0. The molecule has 0 atom stereocenters. The Morgan fingerprint density at radius 2 is 1.73 bits per heavy atom. The number of carbonyl (C=O) groups is 2. The molecule has 22 heavy (non-hydrogen) atoms. The fourth-order valence-corrected chi connectivity index (χ4v) is 1.80. The molecule has 1 rings (SSSR count). The number of quaternary nitrogens is 1. The molecule has 3 amide bonds. The van der Waals surface area contributed by atoms with Crippen molar-refractivity contribution in [2.45, 2.75) is 26.4 Å². The van der Waals surface area contributed by atoms with Crippen molar-refractivity contribution in [1.29, 1.82) is 0 Å². The summed E-state index contributed by atoms with van der Waals surface area (Å²) in [4.78, 5) is 24.7. The zero-order chi connectivity index (χ0) is 16.5. The zero-order valence-corrected chi connectivity index (χ0v) is 13.8. The third kappa shape index (κ3) is 7.08.